The monoisotopic (exact) mass is 354 g/mol. The Morgan fingerprint density at radius 2 is 1.91 bits per heavy atom. The van der Waals surface area contributed by atoms with Gasteiger partial charge in [0.25, 0.3) is 0 Å². The van der Waals surface area contributed by atoms with Gasteiger partial charge in [0.05, 0.1) is 6.61 Å². The van der Waals surface area contributed by atoms with E-state index in [9.17, 15) is 4.79 Å². The third-order valence-corrected chi connectivity index (χ3v) is 6.62. The summed E-state index contributed by atoms with van der Waals surface area (Å²) in [4.78, 5) is 12.3. The lowest BCUT2D eigenvalue weighted by Gasteiger charge is -2.24. The van der Waals surface area contributed by atoms with Crippen LogP contribution in [-0.2, 0) is 4.74 Å². The first-order valence-corrected chi connectivity index (χ1v) is 12.7. The van der Waals surface area contributed by atoms with E-state index >= 15 is 0 Å². The van der Waals surface area contributed by atoms with Crippen LogP contribution in [0.3, 0.4) is 0 Å². The van der Waals surface area contributed by atoms with Gasteiger partial charge >= 0.3 is 0 Å². The van der Waals surface area contributed by atoms with Gasteiger partial charge in [0.2, 0.25) is 4.38 Å². The van der Waals surface area contributed by atoms with Gasteiger partial charge in [-0.1, -0.05) is 61.7 Å². The molecule has 0 saturated heterocycles. The van der Waals surface area contributed by atoms with Crippen LogP contribution in [0, 0.1) is 0 Å². The van der Waals surface area contributed by atoms with E-state index in [4.69, 9.17) is 17.0 Å². The zero-order valence-electron chi connectivity index (χ0n) is 13.9. The van der Waals surface area contributed by atoms with Crippen molar-refractivity contribution in [2.75, 3.05) is 6.61 Å². The number of carbonyl (C=O) groups excluding carboxylic acids is 1. The highest BCUT2D eigenvalue weighted by atomic mass is 32.2. The Labute approximate surface area is 145 Å². The molecule has 0 fully saturated rings. The Hall–Kier alpha value is -0.653. The van der Waals surface area contributed by atoms with Gasteiger partial charge in [-0.25, -0.2) is 0 Å². The van der Waals surface area contributed by atoms with E-state index in [0.29, 0.717) is 22.7 Å². The molecule has 22 heavy (non-hydrogen) atoms. The van der Waals surface area contributed by atoms with Crippen molar-refractivity contribution in [3.05, 3.63) is 35.9 Å². The van der Waals surface area contributed by atoms with E-state index in [1.54, 1.807) is 11.8 Å². The molecule has 0 heterocycles. The van der Waals surface area contributed by atoms with Crippen LogP contribution in [0.25, 0.3) is 0 Å². The van der Waals surface area contributed by atoms with Crippen molar-refractivity contribution in [3.63, 3.8) is 0 Å². The summed E-state index contributed by atoms with van der Waals surface area (Å²) in [7, 11) is -1.21. The molecular formula is C17H26O2S2Si. The quantitative estimate of drug-likeness (QED) is 0.354. The van der Waals surface area contributed by atoms with Crippen molar-refractivity contribution in [2.45, 2.75) is 50.7 Å². The van der Waals surface area contributed by atoms with E-state index in [1.165, 1.54) is 0 Å². The average molecular weight is 355 g/mol. The molecule has 0 aromatic heterocycles. The summed E-state index contributed by atoms with van der Waals surface area (Å²) in [6, 6.07) is 10.7. The molecule has 0 bridgehead atoms. The Kier molecular flexibility index (Phi) is 8.36. The summed E-state index contributed by atoms with van der Waals surface area (Å²) in [5.41, 5.74) is 0.798. The number of ketones is 1. The summed E-state index contributed by atoms with van der Waals surface area (Å²) < 4.78 is 6.01. The smallest absolute Gasteiger partial charge is 0.220 e. The van der Waals surface area contributed by atoms with Crippen LogP contribution in [0.4, 0.5) is 0 Å². The lowest BCUT2D eigenvalue weighted by Crippen LogP contribution is -2.26. The number of hydrogen-bond acceptors (Lipinski definition) is 4. The molecule has 0 radical (unpaired) electrons. The molecule has 5 heteroatoms. The van der Waals surface area contributed by atoms with Gasteiger partial charge < -0.3 is 4.74 Å². The Bertz CT molecular complexity index is 483. The van der Waals surface area contributed by atoms with Gasteiger partial charge in [0.1, 0.15) is 0 Å². The van der Waals surface area contributed by atoms with Crippen LogP contribution in [0.15, 0.2) is 30.3 Å². The molecule has 1 atom stereocenters. The second-order valence-electron chi connectivity index (χ2n) is 6.52. The van der Waals surface area contributed by atoms with Crippen molar-refractivity contribution in [3.8, 4) is 0 Å². The van der Waals surface area contributed by atoms with Crippen molar-refractivity contribution in [1.29, 1.82) is 0 Å². The van der Waals surface area contributed by atoms with Crippen LogP contribution in [0.1, 0.15) is 30.1 Å². The van der Waals surface area contributed by atoms with Gasteiger partial charge in [-0.3, -0.25) is 4.79 Å². The maximum atomic E-state index is 12.3. The van der Waals surface area contributed by atoms with Crippen LogP contribution in [-0.4, -0.2) is 30.1 Å². The van der Waals surface area contributed by atoms with Crippen LogP contribution in [0.5, 0.6) is 0 Å². The standard InChI is InChI=1S/C17H26O2S2Si/c1-5-19-17(20)21-15(13-22(2,3)4)11-12-16(18)14-9-7-6-8-10-14/h6-10,15H,5,11-13H2,1-4H3. The minimum absolute atomic E-state index is 0.212. The number of hydrogen-bond donors (Lipinski definition) is 0. The summed E-state index contributed by atoms with van der Waals surface area (Å²) >= 11 is 6.89. The number of rotatable bonds is 8. The summed E-state index contributed by atoms with van der Waals surface area (Å²) in [6.45, 7) is 9.60. The highest BCUT2D eigenvalue weighted by Crippen LogP contribution is 2.28. The highest BCUT2D eigenvalue weighted by molar-refractivity contribution is 8.23. The third kappa shape index (κ3) is 8.10. The first-order chi connectivity index (χ1) is 10.3. The summed E-state index contributed by atoms with van der Waals surface area (Å²) in [5.74, 6) is 0.212. The highest BCUT2D eigenvalue weighted by Gasteiger charge is 2.23. The predicted octanol–water partition coefficient (Wildman–Crippen LogP) is 5.41. The number of carbonyl (C=O) groups is 1. The van der Waals surface area contributed by atoms with Crippen molar-refractivity contribution in [1.82, 2.24) is 0 Å². The predicted molar refractivity (Wildman–Crippen MR) is 104 cm³/mol. The normalized spacial score (nSPS) is 12.7. The summed E-state index contributed by atoms with van der Waals surface area (Å²) in [6.07, 6.45) is 1.43. The van der Waals surface area contributed by atoms with Crippen LogP contribution < -0.4 is 0 Å². The lowest BCUT2D eigenvalue weighted by molar-refractivity contribution is 0.0980. The molecule has 0 aliphatic rings. The molecule has 0 spiro atoms. The zero-order valence-corrected chi connectivity index (χ0v) is 16.6. The molecule has 1 rings (SSSR count). The SMILES string of the molecule is CCOC(=S)SC(CCC(=O)c1ccccc1)C[Si](C)(C)C. The maximum Gasteiger partial charge on any atom is 0.220 e. The van der Waals surface area contributed by atoms with Crippen molar-refractivity contribution >= 4 is 42.2 Å². The molecule has 0 amide bonds. The lowest BCUT2D eigenvalue weighted by atomic mass is 10.1. The average Bonchev–Trinajstić information content (AvgIpc) is 2.44. The molecular weight excluding hydrogens is 328 g/mol. The number of thiocarbonyl (C=S) groups is 1. The van der Waals surface area contributed by atoms with E-state index in [0.717, 1.165) is 18.0 Å². The number of thioether (sulfide) groups is 1. The van der Waals surface area contributed by atoms with Crippen LogP contribution in [0.2, 0.25) is 25.7 Å². The first-order valence-electron chi connectivity index (χ1n) is 7.73. The topological polar surface area (TPSA) is 26.3 Å². The Morgan fingerprint density at radius 1 is 1.27 bits per heavy atom. The molecule has 0 saturated carbocycles. The van der Waals surface area contributed by atoms with E-state index in [-0.39, 0.29) is 5.78 Å². The molecule has 0 N–H and O–H groups in total. The van der Waals surface area contributed by atoms with Crippen LogP contribution >= 0.6 is 24.0 Å². The Morgan fingerprint density at radius 3 is 2.45 bits per heavy atom. The number of Topliss-reactive ketones (excluding diaryl/α,β-unsaturated/α-hetero) is 1. The molecule has 0 aliphatic heterocycles. The van der Waals surface area contributed by atoms with Crippen molar-refractivity contribution < 1.29 is 9.53 Å². The Balaban J connectivity index is 2.60. The van der Waals surface area contributed by atoms with Gasteiger partial charge in [0, 0.05) is 25.3 Å². The largest absolute Gasteiger partial charge is 0.479 e. The van der Waals surface area contributed by atoms with E-state index in [2.05, 4.69) is 19.6 Å². The number of benzene rings is 1. The van der Waals surface area contributed by atoms with Gasteiger partial charge in [-0.05, 0) is 31.6 Å². The van der Waals surface area contributed by atoms with Gasteiger partial charge in [-0.2, -0.15) is 0 Å². The zero-order chi connectivity index (χ0) is 16.6. The fourth-order valence-corrected chi connectivity index (χ4v) is 6.86. The number of ether oxygens (including phenoxy) is 1. The van der Waals surface area contributed by atoms with Crippen molar-refractivity contribution in [2.24, 2.45) is 0 Å². The summed E-state index contributed by atoms with van der Waals surface area (Å²) in [5, 5.41) is 0.373. The maximum absolute atomic E-state index is 12.3. The van der Waals surface area contributed by atoms with Gasteiger partial charge in [0.15, 0.2) is 5.78 Å². The molecule has 1 aromatic rings. The first kappa shape index (κ1) is 19.4. The molecule has 0 aliphatic carbocycles. The molecule has 2 nitrogen and oxygen atoms in total. The fourth-order valence-electron chi connectivity index (χ4n) is 2.23. The second kappa shape index (κ2) is 9.48. The second-order valence-corrected chi connectivity index (χ2v) is 13.9. The fraction of sp³-hybridized carbons (Fsp3) is 0.529. The van der Waals surface area contributed by atoms with E-state index < -0.39 is 8.07 Å². The molecule has 122 valence electrons. The van der Waals surface area contributed by atoms with E-state index in [1.807, 2.05) is 37.3 Å². The minimum Gasteiger partial charge on any atom is -0.479 e. The van der Waals surface area contributed by atoms with Gasteiger partial charge in [-0.15, -0.1) is 0 Å². The molecule has 1 unspecified atom stereocenters. The molecule has 1 aromatic carbocycles. The third-order valence-electron chi connectivity index (χ3n) is 3.15. The minimum atomic E-state index is -1.21.